The van der Waals surface area contributed by atoms with Gasteiger partial charge in [-0.05, 0) is 63.0 Å². The third-order valence-corrected chi connectivity index (χ3v) is 5.39. The van der Waals surface area contributed by atoms with Crippen molar-refractivity contribution in [2.45, 2.75) is 39.2 Å². The molecular formula is C19H19N3O2S2. The third kappa shape index (κ3) is 3.87. The number of rotatable bonds is 4. The molecule has 0 atom stereocenters. The van der Waals surface area contributed by atoms with E-state index in [0.717, 1.165) is 24.8 Å². The second-order valence-electron chi connectivity index (χ2n) is 6.24. The molecule has 0 bridgehead atoms. The average Bonchev–Trinajstić information content (AvgIpc) is 3.15. The Morgan fingerprint density at radius 3 is 2.85 bits per heavy atom. The van der Waals surface area contributed by atoms with Crippen molar-refractivity contribution in [3.63, 3.8) is 0 Å². The van der Waals surface area contributed by atoms with Crippen molar-refractivity contribution >= 4 is 39.6 Å². The number of hydrogen-bond acceptors (Lipinski definition) is 5. The molecule has 0 saturated carbocycles. The number of amides is 1. The Bertz CT molecular complexity index is 897. The van der Waals surface area contributed by atoms with Gasteiger partial charge in [0.25, 0.3) is 5.91 Å². The van der Waals surface area contributed by atoms with Crippen molar-refractivity contribution in [1.29, 1.82) is 5.26 Å². The molecule has 5 nitrogen and oxygen atoms in total. The van der Waals surface area contributed by atoms with Crippen molar-refractivity contribution in [1.82, 2.24) is 5.32 Å². The van der Waals surface area contributed by atoms with Crippen LogP contribution in [-0.2, 0) is 12.8 Å². The molecule has 0 spiro atoms. The lowest BCUT2D eigenvalue weighted by molar-refractivity contribution is 0.0972. The minimum absolute atomic E-state index is 0.0410. The minimum Gasteiger partial charge on any atom is -0.490 e. The van der Waals surface area contributed by atoms with Gasteiger partial charge < -0.3 is 10.1 Å². The van der Waals surface area contributed by atoms with Gasteiger partial charge in [-0.2, -0.15) is 5.26 Å². The van der Waals surface area contributed by atoms with Gasteiger partial charge in [-0.25, -0.2) is 0 Å². The smallest absolute Gasteiger partial charge is 0.261 e. The van der Waals surface area contributed by atoms with E-state index in [4.69, 9.17) is 17.0 Å². The van der Waals surface area contributed by atoms with Gasteiger partial charge in [0.2, 0.25) is 0 Å². The first-order chi connectivity index (χ1) is 12.5. The molecule has 3 rings (SSSR count). The molecule has 2 N–H and O–H groups in total. The summed E-state index contributed by atoms with van der Waals surface area (Å²) in [5, 5.41) is 16.0. The van der Waals surface area contributed by atoms with Gasteiger partial charge in [0.1, 0.15) is 16.8 Å². The lowest BCUT2D eigenvalue weighted by Gasteiger charge is -2.14. The van der Waals surface area contributed by atoms with E-state index in [9.17, 15) is 10.1 Å². The molecule has 0 unspecified atom stereocenters. The van der Waals surface area contributed by atoms with Gasteiger partial charge in [-0.1, -0.05) is 12.1 Å². The molecule has 0 fully saturated rings. The highest BCUT2D eigenvalue weighted by molar-refractivity contribution is 7.80. The minimum atomic E-state index is -0.346. The first kappa shape index (κ1) is 18.4. The summed E-state index contributed by atoms with van der Waals surface area (Å²) in [6.45, 7) is 3.81. The molecule has 1 aliphatic rings. The maximum atomic E-state index is 12.6. The highest BCUT2D eigenvalue weighted by atomic mass is 32.1. The number of para-hydroxylation sites is 1. The first-order valence-electron chi connectivity index (χ1n) is 8.42. The number of nitrogens with zero attached hydrogens (tertiary/aromatic N) is 1. The SMILES string of the molecule is CC(C)Oc1ccccc1C(=O)NC(=S)Nc1sc2c(c1C#N)CCC2. The standard InChI is InChI=1S/C19H19N3O2S2/c1-11(2)24-15-8-4-3-6-13(15)17(23)21-19(25)22-18-14(10-20)12-7-5-9-16(12)26-18/h3-4,6,8,11H,5,7,9H2,1-2H3,(H2,21,22,23,25). The number of anilines is 1. The summed E-state index contributed by atoms with van der Waals surface area (Å²) < 4.78 is 5.68. The normalized spacial score (nSPS) is 12.4. The molecule has 1 heterocycles. The fourth-order valence-electron chi connectivity index (χ4n) is 2.93. The maximum Gasteiger partial charge on any atom is 0.261 e. The fourth-order valence-corrected chi connectivity index (χ4v) is 4.43. The van der Waals surface area contributed by atoms with Crippen LogP contribution < -0.4 is 15.4 Å². The predicted molar refractivity (Wildman–Crippen MR) is 107 cm³/mol. The Kier molecular flexibility index (Phi) is 5.55. The van der Waals surface area contributed by atoms with Crippen LogP contribution in [0.3, 0.4) is 0 Å². The summed E-state index contributed by atoms with van der Waals surface area (Å²) >= 11 is 6.81. The number of benzene rings is 1. The number of nitriles is 1. The van der Waals surface area contributed by atoms with E-state index in [2.05, 4.69) is 16.7 Å². The monoisotopic (exact) mass is 385 g/mol. The molecule has 1 aromatic heterocycles. The van der Waals surface area contributed by atoms with Crippen LogP contribution >= 0.6 is 23.6 Å². The molecule has 2 aromatic rings. The van der Waals surface area contributed by atoms with Gasteiger partial charge in [0.15, 0.2) is 5.11 Å². The Labute approximate surface area is 162 Å². The number of thiophene rings is 1. The van der Waals surface area contributed by atoms with E-state index in [1.165, 1.54) is 16.2 Å². The van der Waals surface area contributed by atoms with E-state index in [1.807, 2.05) is 19.9 Å². The van der Waals surface area contributed by atoms with Crippen molar-refractivity contribution in [3.8, 4) is 11.8 Å². The average molecular weight is 386 g/mol. The van der Waals surface area contributed by atoms with Crippen molar-refractivity contribution in [2.75, 3.05) is 5.32 Å². The summed E-state index contributed by atoms with van der Waals surface area (Å²) in [4.78, 5) is 13.8. The number of thiocarbonyl (C=S) groups is 1. The number of carbonyl (C=O) groups excluding carboxylic acids is 1. The Morgan fingerprint density at radius 2 is 2.12 bits per heavy atom. The zero-order chi connectivity index (χ0) is 18.7. The second-order valence-corrected chi connectivity index (χ2v) is 7.76. The lowest BCUT2D eigenvalue weighted by atomic mass is 10.1. The van der Waals surface area contributed by atoms with E-state index in [-0.39, 0.29) is 17.1 Å². The number of fused-ring (bicyclic) bond motifs is 1. The van der Waals surface area contributed by atoms with Crippen LogP contribution in [0.5, 0.6) is 5.75 Å². The van der Waals surface area contributed by atoms with E-state index >= 15 is 0 Å². The largest absolute Gasteiger partial charge is 0.490 e. The number of ether oxygens (including phenoxy) is 1. The molecule has 1 aliphatic carbocycles. The van der Waals surface area contributed by atoms with Crippen LogP contribution in [-0.4, -0.2) is 17.1 Å². The van der Waals surface area contributed by atoms with Crippen LogP contribution in [0.4, 0.5) is 5.00 Å². The number of nitrogens with one attached hydrogen (secondary N) is 2. The fraction of sp³-hybridized carbons (Fsp3) is 0.316. The van der Waals surface area contributed by atoms with Crippen LogP contribution in [0.1, 0.15) is 46.6 Å². The number of aryl methyl sites for hydroxylation is 1. The zero-order valence-corrected chi connectivity index (χ0v) is 16.2. The van der Waals surface area contributed by atoms with E-state index in [1.54, 1.807) is 18.2 Å². The zero-order valence-electron chi connectivity index (χ0n) is 14.6. The van der Waals surface area contributed by atoms with E-state index in [0.29, 0.717) is 21.9 Å². The predicted octanol–water partition coefficient (Wildman–Crippen LogP) is 4.02. The van der Waals surface area contributed by atoms with E-state index < -0.39 is 0 Å². The topological polar surface area (TPSA) is 74.2 Å². The summed E-state index contributed by atoms with van der Waals surface area (Å²) in [5.74, 6) is 0.164. The van der Waals surface area contributed by atoms with Gasteiger partial charge in [-0.15, -0.1) is 11.3 Å². The summed E-state index contributed by atoms with van der Waals surface area (Å²) in [7, 11) is 0. The van der Waals surface area contributed by atoms with Gasteiger partial charge in [-0.3, -0.25) is 10.1 Å². The number of carbonyl (C=O) groups is 1. The Morgan fingerprint density at radius 1 is 1.35 bits per heavy atom. The van der Waals surface area contributed by atoms with Gasteiger partial charge in [0, 0.05) is 4.88 Å². The Balaban J connectivity index is 1.72. The molecule has 1 amide bonds. The molecule has 0 saturated heterocycles. The van der Waals surface area contributed by atoms with Crippen molar-refractivity contribution in [2.24, 2.45) is 0 Å². The summed E-state index contributed by atoms with van der Waals surface area (Å²) in [6, 6.07) is 9.29. The lowest BCUT2D eigenvalue weighted by Crippen LogP contribution is -2.34. The second kappa shape index (κ2) is 7.85. The van der Waals surface area contributed by atoms with Gasteiger partial charge >= 0.3 is 0 Å². The number of hydrogen-bond donors (Lipinski definition) is 2. The molecule has 134 valence electrons. The van der Waals surface area contributed by atoms with Crippen LogP contribution in [0.15, 0.2) is 24.3 Å². The van der Waals surface area contributed by atoms with Crippen LogP contribution in [0.2, 0.25) is 0 Å². The molecule has 0 radical (unpaired) electrons. The quantitative estimate of drug-likeness (QED) is 0.778. The first-order valence-corrected chi connectivity index (χ1v) is 9.64. The summed E-state index contributed by atoms with van der Waals surface area (Å²) in [6.07, 6.45) is 2.97. The molecule has 1 aromatic carbocycles. The molecule has 0 aliphatic heterocycles. The molecular weight excluding hydrogens is 366 g/mol. The van der Waals surface area contributed by atoms with Gasteiger partial charge in [0.05, 0.1) is 17.2 Å². The maximum absolute atomic E-state index is 12.6. The third-order valence-electron chi connectivity index (χ3n) is 3.98. The van der Waals surface area contributed by atoms with Crippen LogP contribution in [0.25, 0.3) is 0 Å². The highest BCUT2D eigenvalue weighted by Crippen LogP contribution is 2.38. The summed E-state index contributed by atoms with van der Waals surface area (Å²) in [5.41, 5.74) is 2.17. The van der Waals surface area contributed by atoms with Crippen LogP contribution in [0, 0.1) is 11.3 Å². The van der Waals surface area contributed by atoms with Crippen molar-refractivity contribution in [3.05, 3.63) is 45.8 Å². The molecule has 26 heavy (non-hydrogen) atoms. The Hall–Kier alpha value is -2.43. The highest BCUT2D eigenvalue weighted by Gasteiger charge is 2.23. The molecule has 7 heteroatoms. The van der Waals surface area contributed by atoms with Crippen molar-refractivity contribution < 1.29 is 9.53 Å².